The Bertz CT molecular complexity index is 176. The van der Waals surface area contributed by atoms with Gasteiger partial charge in [0.05, 0.1) is 0 Å². The van der Waals surface area contributed by atoms with Crippen molar-refractivity contribution >= 4 is 11.9 Å². The summed E-state index contributed by atoms with van der Waals surface area (Å²) in [6.07, 6.45) is -0.692. The van der Waals surface area contributed by atoms with Crippen molar-refractivity contribution in [3.8, 4) is 0 Å². The molecule has 0 rings (SSSR count). The van der Waals surface area contributed by atoms with E-state index in [0.717, 1.165) is 0 Å². The number of hydrogen-bond acceptors (Lipinski definition) is 2. The third-order valence-electron chi connectivity index (χ3n) is 1.58. The van der Waals surface area contributed by atoms with Crippen LogP contribution in [-0.2, 0) is 9.59 Å². The van der Waals surface area contributed by atoms with Gasteiger partial charge in [-0.25, -0.2) is 0 Å². The van der Waals surface area contributed by atoms with Crippen molar-refractivity contribution in [2.45, 2.75) is 20.2 Å². The molecule has 0 fully saturated rings. The lowest BCUT2D eigenvalue weighted by Gasteiger charge is -2.12. The van der Waals surface area contributed by atoms with Crippen LogP contribution in [0.2, 0.25) is 0 Å². The maximum absolute atomic E-state index is 10.4. The summed E-state index contributed by atoms with van der Waals surface area (Å²) in [4.78, 5) is 20.8. The van der Waals surface area contributed by atoms with Crippen molar-refractivity contribution in [3.05, 3.63) is 0 Å². The lowest BCUT2D eigenvalue weighted by Crippen LogP contribution is -2.29. The monoisotopic (exact) mass is 161 g/mol. The van der Waals surface area contributed by atoms with Crippen LogP contribution in [0.15, 0.2) is 0 Å². The van der Waals surface area contributed by atoms with Crippen LogP contribution in [-0.4, -0.2) is 22.2 Å². The lowest BCUT2D eigenvalue weighted by molar-refractivity contribution is -0.156. The summed E-state index contributed by atoms with van der Waals surface area (Å²) >= 11 is 0. The Balaban J connectivity index is 4.52. The molecule has 0 aromatic carbocycles. The zero-order valence-electron chi connectivity index (χ0n) is 7.44. The standard InChI is InChI=1S/C7H12O4/c1-3-4(2)5(6(8)9)7(10)11/h4-5H,3H2,1-2H3,(H,8,9)(H,10,11)/t4-/m0/s1/i3D/t3-,4-. The van der Waals surface area contributed by atoms with Gasteiger partial charge in [0.25, 0.3) is 0 Å². The van der Waals surface area contributed by atoms with Gasteiger partial charge in [0.2, 0.25) is 0 Å². The molecule has 4 nitrogen and oxygen atoms in total. The molecule has 4 heteroatoms. The molecule has 0 bridgehead atoms. The van der Waals surface area contributed by atoms with Crippen LogP contribution in [0.4, 0.5) is 0 Å². The summed E-state index contributed by atoms with van der Waals surface area (Å²) < 4.78 is 7.17. The van der Waals surface area contributed by atoms with Crippen LogP contribution in [0.25, 0.3) is 0 Å². The van der Waals surface area contributed by atoms with Crippen LogP contribution in [0.1, 0.15) is 21.6 Å². The molecule has 0 spiro atoms. The zero-order chi connectivity index (χ0) is 9.89. The second-order valence-electron chi connectivity index (χ2n) is 2.35. The number of carboxylic acid groups (broad SMARTS) is 2. The highest BCUT2D eigenvalue weighted by atomic mass is 16.4. The first-order valence-electron chi connectivity index (χ1n) is 3.83. The SMILES string of the molecule is [2H][C@@H](C)[C@H](C)C(C(=O)O)C(=O)O. The van der Waals surface area contributed by atoms with Crippen molar-refractivity contribution < 1.29 is 21.2 Å². The van der Waals surface area contributed by atoms with E-state index < -0.39 is 30.2 Å². The molecule has 0 aromatic heterocycles. The summed E-state index contributed by atoms with van der Waals surface area (Å²) in [6.45, 7) is 2.92. The fourth-order valence-corrected chi connectivity index (χ4v) is 0.748. The predicted octanol–water partition coefficient (Wildman–Crippen LogP) is 0.818. The van der Waals surface area contributed by atoms with Crippen molar-refractivity contribution in [3.63, 3.8) is 0 Å². The lowest BCUT2D eigenvalue weighted by atomic mass is 9.92. The molecule has 2 atom stereocenters. The van der Waals surface area contributed by atoms with Gasteiger partial charge in [-0.2, -0.15) is 0 Å². The first kappa shape index (κ1) is 8.04. The summed E-state index contributed by atoms with van der Waals surface area (Å²) in [6, 6.07) is 0. The Morgan fingerprint density at radius 1 is 1.45 bits per heavy atom. The van der Waals surface area contributed by atoms with Crippen LogP contribution in [0.5, 0.6) is 0 Å². The highest BCUT2D eigenvalue weighted by Gasteiger charge is 2.30. The normalized spacial score (nSPS) is 17.2. The van der Waals surface area contributed by atoms with E-state index in [9.17, 15) is 9.59 Å². The van der Waals surface area contributed by atoms with Gasteiger partial charge in [-0.15, -0.1) is 0 Å². The molecule has 0 aromatic rings. The van der Waals surface area contributed by atoms with Crippen molar-refractivity contribution in [2.24, 2.45) is 11.8 Å². The Hall–Kier alpha value is -1.06. The Morgan fingerprint density at radius 2 is 1.82 bits per heavy atom. The van der Waals surface area contributed by atoms with E-state index in [-0.39, 0.29) is 0 Å². The van der Waals surface area contributed by atoms with Crippen LogP contribution < -0.4 is 0 Å². The average molecular weight is 161 g/mol. The molecule has 11 heavy (non-hydrogen) atoms. The van der Waals surface area contributed by atoms with Crippen LogP contribution in [0, 0.1) is 11.8 Å². The quantitative estimate of drug-likeness (QED) is 0.598. The number of carboxylic acids is 2. The highest BCUT2D eigenvalue weighted by molar-refractivity contribution is 5.93. The minimum atomic E-state index is -1.47. The maximum Gasteiger partial charge on any atom is 0.318 e. The predicted molar refractivity (Wildman–Crippen MR) is 38.2 cm³/mol. The number of rotatable bonds is 4. The molecule has 64 valence electrons. The molecule has 0 saturated heterocycles. The second kappa shape index (κ2) is 3.95. The first-order chi connectivity index (χ1) is 5.37. The third-order valence-corrected chi connectivity index (χ3v) is 1.58. The number of aliphatic carboxylic acids is 2. The summed E-state index contributed by atoms with van der Waals surface area (Å²) in [5.74, 6) is -4.92. The maximum atomic E-state index is 10.4. The fraction of sp³-hybridized carbons (Fsp3) is 0.714. The largest absolute Gasteiger partial charge is 0.481 e. The van der Waals surface area contributed by atoms with Crippen molar-refractivity contribution in [1.82, 2.24) is 0 Å². The molecule has 0 aliphatic rings. The van der Waals surface area contributed by atoms with E-state index >= 15 is 0 Å². The molecule has 0 heterocycles. The van der Waals surface area contributed by atoms with Gasteiger partial charge in [-0.1, -0.05) is 20.2 Å². The highest BCUT2D eigenvalue weighted by Crippen LogP contribution is 2.15. The van der Waals surface area contributed by atoms with E-state index in [1.807, 2.05) is 0 Å². The Morgan fingerprint density at radius 3 is 1.91 bits per heavy atom. The molecule has 0 unspecified atom stereocenters. The topological polar surface area (TPSA) is 74.6 Å². The van der Waals surface area contributed by atoms with Gasteiger partial charge in [0.1, 0.15) is 0 Å². The summed E-state index contributed by atoms with van der Waals surface area (Å²) in [5.41, 5.74) is 0. The molecule has 0 aliphatic heterocycles. The number of carbonyl (C=O) groups is 2. The van der Waals surface area contributed by atoms with Crippen LogP contribution in [0.3, 0.4) is 0 Å². The van der Waals surface area contributed by atoms with E-state index in [0.29, 0.717) is 0 Å². The summed E-state index contributed by atoms with van der Waals surface area (Å²) in [7, 11) is 0. The molecule has 0 saturated carbocycles. The molecule has 2 N–H and O–H groups in total. The van der Waals surface area contributed by atoms with Crippen molar-refractivity contribution in [1.29, 1.82) is 0 Å². The minimum Gasteiger partial charge on any atom is -0.481 e. The van der Waals surface area contributed by atoms with Crippen LogP contribution >= 0.6 is 0 Å². The minimum absolute atomic E-state index is 0.681. The van der Waals surface area contributed by atoms with Crippen molar-refractivity contribution in [2.75, 3.05) is 0 Å². The first-order valence-corrected chi connectivity index (χ1v) is 3.25. The Labute approximate surface area is 66.2 Å². The van der Waals surface area contributed by atoms with Gasteiger partial charge >= 0.3 is 11.9 Å². The van der Waals surface area contributed by atoms with E-state index in [2.05, 4.69) is 0 Å². The molecule has 0 amide bonds. The molecular weight excluding hydrogens is 148 g/mol. The van der Waals surface area contributed by atoms with E-state index in [1.165, 1.54) is 13.8 Å². The molecule has 0 aliphatic carbocycles. The van der Waals surface area contributed by atoms with Gasteiger partial charge in [-0.3, -0.25) is 9.59 Å². The fourth-order valence-electron chi connectivity index (χ4n) is 0.748. The molecular formula is C7H12O4. The van der Waals surface area contributed by atoms with Gasteiger partial charge in [0.15, 0.2) is 5.92 Å². The van der Waals surface area contributed by atoms with Gasteiger partial charge < -0.3 is 10.2 Å². The average Bonchev–Trinajstić information content (AvgIpc) is 1.85. The van der Waals surface area contributed by atoms with Gasteiger partial charge in [0, 0.05) is 1.37 Å². The van der Waals surface area contributed by atoms with E-state index in [4.69, 9.17) is 11.6 Å². The van der Waals surface area contributed by atoms with Gasteiger partial charge in [-0.05, 0) is 5.92 Å². The zero-order valence-corrected chi connectivity index (χ0v) is 6.44. The second-order valence-corrected chi connectivity index (χ2v) is 2.35. The summed E-state index contributed by atoms with van der Waals surface area (Å²) in [5, 5.41) is 17.0. The number of hydrogen-bond donors (Lipinski definition) is 2. The Kier molecular flexibility index (Phi) is 2.89. The third kappa shape index (κ3) is 2.57. The smallest absolute Gasteiger partial charge is 0.318 e. The molecule has 0 radical (unpaired) electrons. The van der Waals surface area contributed by atoms with E-state index in [1.54, 1.807) is 0 Å².